The van der Waals surface area contributed by atoms with E-state index in [2.05, 4.69) is 11.0 Å². The summed E-state index contributed by atoms with van der Waals surface area (Å²) >= 11 is 0.352. The van der Waals surface area contributed by atoms with Gasteiger partial charge in [0.2, 0.25) is 10.9 Å². The number of alkyl halides is 3. The number of hydrogen-bond acceptors (Lipinski definition) is 10. The summed E-state index contributed by atoms with van der Waals surface area (Å²) in [4.78, 5) is 53.5. The number of carbonyl (C=O) groups is 4. The van der Waals surface area contributed by atoms with Crippen LogP contribution in [0.3, 0.4) is 0 Å². The molecule has 2 aromatic carbocycles. The average molecular weight is 959 g/mol. The van der Waals surface area contributed by atoms with Crippen molar-refractivity contribution in [3.05, 3.63) is 119 Å². The summed E-state index contributed by atoms with van der Waals surface area (Å²) in [5.41, 5.74) is -6.81. The molecule has 5 fully saturated rings. The predicted octanol–water partition coefficient (Wildman–Crippen LogP) is 9.82. The van der Waals surface area contributed by atoms with Crippen LogP contribution < -0.4 is 0 Å². The van der Waals surface area contributed by atoms with Crippen LogP contribution in [0.4, 0.5) is 17.6 Å². The number of nitriles is 1. The third-order valence-corrected chi connectivity index (χ3v) is 18.1. The highest BCUT2D eigenvalue weighted by molar-refractivity contribution is 8.13. The number of ether oxygens (including phenoxy) is 1. The number of carboxylic acid groups (broad SMARTS) is 1. The number of carbonyl (C=O) groups excluding carboxylic acids is 3. The molecule has 2 heterocycles. The van der Waals surface area contributed by atoms with E-state index in [1.807, 2.05) is 37.3 Å². The lowest BCUT2D eigenvalue weighted by molar-refractivity contribution is -0.221. The van der Waals surface area contributed by atoms with Gasteiger partial charge in [-0.3, -0.25) is 14.4 Å². The van der Waals surface area contributed by atoms with Crippen LogP contribution in [0.15, 0.2) is 101 Å². The standard InChI is InChI=1S/C27H29F3O6S.C26H29FN2O2/c1-14-9-16-17-11-19(29)18-10-15(31)6-7-24(18,2)26(17,30)21(32)12-25(16,3)27(14,23(34)37-13-28)36-22(33)20-5-4-8-35-20;1-19-17-29(16-15-26(19,24(30)31)21-5-3-2-4-6-21)23-11-13-25(18-28,14-12-23)20-7-9-22(27)10-8-20/h4-8,10,14,16-17,19,21,32H,9,11-13H2,1-3H3;2-10,19,23H,11-17H2,1H3,(H,30,31)/t14-,16+,17+,19+,21+,24+,25+,26+,27+;19-,23?,25?,26-/m11/s1. The maximum Gasteiger partial charge on any atom is 0.375 e. The van der Waals surface area contributed by atoms with E-state index in [9.17, 15) is 43.4 Å². The van der Waals surface area contributed by atoms with E-state index >= 15 is 8.78 Å². The first-order valence-electron chi connectivity index (χ1n) is 23.4. The Morgan fingerprint density at radius 1 is 0.956 bits per heavy atom. The van der Waals surface area contributed by atoms with E-state index in [0.717, 1.165) is 56.0 Å². The molecular weight excluding hydrogens is 901 g/mol. The summed E-state index contributed by atoms with van der Waals surface area (Å²) in [5.74, 6) is -5.01. The number of aliphatic hydroxyl groups excluding tert-OH is 1. The molecule has 0 radical (unpaired) electrons. The third-order valence-electron chi connectivity index (χ3n) is 17.4. The zero-order chi connectivity index (χ0) is 49.0. The van der Waals surface area contributed by atoms with Gasteiger partial charge in [-0.15, -0.1) is 0 Å². The molecule has 10 nitrogen and oxygen atoms in total. The Balaban J connectivity index is 0.000000187. The summed E-state index contributed by atoms with van der Waals surface area (Å²) in [6.45, 7) is 8.32. The van der Waals surface area contributed by atoms with Crippen molar-refractivity contribution in [2.24, 2.45) is 34.5 Å². The molecule has 1 aromatic heterocycles. The zero-order valence-corrected chi connectivity index (χ0v) is 39.5. The number of hydrogen-bond donors (Lipinski definition) is 2. The molecule has 11 atom stereocenters. The molecule has 0 spiro atoms. The van der Waals surface area contributed by atoms with Crippen LogP contribution in [0.25, 0.3) is 0 Å². The molecule has 0 bridgehead atoms. The second-order valence-electron chi connectivity index (χ2n) is 20.4. The minimum Gasteiger partial charge on any atom is -0.481 e. The average Bonchev–Trinajstić information content (AvgIpc) is 3.94. The van der Waals surface area contributed by atoms with Crippen molar-refractivity contribution in [1.82, 2.24) is 4.90 Å². The Morgan fingerprint density at radius 3 is 2.25 bits per heavy atom. The number of thioether (sulfide) groups is 1. The summed E-state index contributed by atoms with van der Waals surface area (Å²) < 4.78 is 70.8. The van der Waals surface area contributed by atoms with E-state index in [-0.39, 0.29) is 42.3 Å². The molecule has 9 rings (SSSR count). The number of aliphatic carboxylic acids is 1. The number of nitrogens with zero attached hydrogens (tertiary/aromatic N) is 2. The SMILES string of the molecule is C[C@@H]1CN(C2CCC(C#N)(c3ccc(F)cc3)CC2)CC[C@]1(C(=O)O)c1ccccc1.C[C@@H]1C[C@H]2[C@@H]3C[C@H](F)C4=CC(=O)C=C[C@]4(C)[C@@]3(F)[C@@H](O)C[C@]2(C)[C@@]1(OC(=O)c1ccco1)C(=O)SCF. The highest BCUT2D eigenvalue weighted by atomic mass is 32.2. The molecule has 6 aliphatic rings. The summed E-state index contributed by atoms with van der Waals surface area (Å²) in [7, 11) is 0. The lowest BCUT2D eigenvalue weighted by atomic mass is 9.44. The first-order chi connectivity index (χ1) is 32.3. The molecule has 0 unspecified atom stereocenters. The van der Waals surface area contributed by atoms with Crippen LogP contribution in [-0.4, -0.2) is 86.6 Å². The van der Waals surface area contributed by atoms with Crippen LogP contribution >= 0.6 is 11.8 Å². The molecule has 3 aromatic rings. The largest absolute Gasteiger partial charge is 0.481 e. The number of benzene rings is 2. The van der Waals surface area contributed by atoms with E-state index < -0.39 is 91.8 Å². The van der Waals surface area contributed by atoms with Crippen LogP contribution in [0.2, 0.25) is 0 Å². The van der Waals surface area contributed by atoms with Gasteiger partial charge in [-0.25, -0.2) is 22.4 Å². The van der Waals surface area contributed by atoms with E-state index in [4.69, 9.17) is 9.15 Å². The molecule has 4 saturated carbocycles. The van der Waals surface area contributed by atoms with Gasteiger partial charge in [0.25, 0.3) is 0 Å². The number of ketones is 1. The fraction of sp³-hybridized carbons (Fsp3) is 0.528. The number of aliphatic hydroxyl groups is 1. The van der Waals surface area contributed by atoms with Gasteiger partial charge >= 0.3 is 11.9 Å². The molecule has 1 aliphatic heterocycles. The first kappa shape index (κ1) is 49.4. The molecule has 362 valence electrons. The number of carboxylic acids is 1. The molecule has 68 heavy (non-hydrogen) atoms. The number of esters is 1. The highest BCUT2D eigenvalue weighted by Gasteiger charge is 2.78. The minimum atomic E-state index is -2.35. The normalized spacial score (nSPS) is 38.6. The van der Waals surface area contributed by atoms with Crippen LogP contribution in [0.1, 0.15) is 101 Å². The van der Waals surface area contributed by atoms with Gasteiger partial charge in [0, 0.05) is 35.3 Å². The second kappa shape index (κ2) is 18.4. The molecule has 5 aliphatic carbocycles. The van der Waals surface area contributed by atoms with E-state index in [1.165, 1.54) is 49.6 Å². The van der Waals surface area contributed by atoms with Crippen molar-refractivity contribution in [2.45, 2.75) is 119 Å². The second-order valence-corrected chi connectivity index (χ2v) is 21.2. The summed E-state index contributed by atoms with van der Waals surface area (Å²) in [6.07, 6.45) is 5.02. The van der Waals surface area contributed by atoms with Crippen LogP contribution in [-0.2, 0) is 30.0 Å². The van der Waals surface area contributed by atoms with Crippen molar-refractivity contribution >= 4 is 34.6 Å². The smallest absolute Gasteiger partial charge is 0.375 e. The first-order valence-corrected chi connectivity index (χ1v) is 24.4. The molecular formula is C53H58F4N2O8S. The molecule has 0 amide bonds. The minimum absolute atomic E-state index is 0.00739. The van der Waals surface area contributed by atoms with Crippen molar-refractivity contribution in [1.29, 1.82) is 5.26 Å². The number of piperidine rings is 1. The topological polar surface area (TPSA) is 158 Å². The Labute approximate surface area is 398 Å². The van der Waals surface area contributed by atoms with Crippen molar-refractivity contribution < 1.29 is 56.1 Å². The van der Waals surface area contributed by atoms with Crippen LogP contribution in [0.5, 0.6) is 0 Å². The number of rotatable bonds is 8. The van der Waals surface area contributed by atoms with Gasteiger partial charge in [-0.2, -0.15) is 5.26 Å². The number of halogens is 4. The number of furan rings is 1. The van der Waals surface area contributed by atoms with Crippen molar-refractivity contribution in [2.75, 3.05) is 19.1 Å². The summed E-state index contributed by atoms with van der Waals surface area (Å²) in [6, 6.07) is 20.6. The number of allylic oxidation sites excluding steroid dienone is 4. The third kappa shape index (κ3) is 7.59. The fourth-order valence-corrected chi connectivity index (χ4v) is 14.6. The van der Waals surface area contributed by atoms with Crippen molar-refractivity contribution in [3.63, 3.8) is 0 Å². The molecule has 15 heteroatoms. The van der Waals surface area contributed by atoms with Gasteiger partial charge < -0.3 is 24.3 Å². The lowest BCUT2D eigenvalue weighted by Gasteiger charge is -2.63. The van der Waals surface area contributed by atoms with Gasteiger partial charge in [0.05, 0.1) is 29.3 Å². The number of likely N-dealkylation sites (tertiary alicyclic amines) is 1. The van der Waals surface area contributed by atoms with Gasteiger partial charge in [-0.1, -0.05) is 69.3 Å². The van der Waals surface area contributed by atoms with Gasteiger partial charge in [0.15, 0.2) is 17.1 Å². The fourth-order valence-electron chi connectivity index (χ4n) is 13.8. The Morgan fingerprint density at radius 2 is 1.65 bits per heavy atom. The Bertz CT molecular complexity index is 2510. The van der Waals surface area contributed by atoms with Crippen LogP contribution in [0, 0.1) is 51.6 Å². The molecule has 2 N–H and O–H groups in total. The molecule has 1 saturated heterocycles. The van der Waals surface area contributed by atoms with Gasteiger partial charge in [-0.05, 0) is 142 Å². The lowest BCUT2D eigenvalue weighted by Crippen LogP contribution is -2.70. The maximum atomic E-state index is 17.4. The maximum absolute atomic E-state index is 17.4. The van der Waals surface area contributed by atoms with E-state index in [1.54, 1.807) is 26.0 Å². The highest BCUT2D eigenvalue weighted by Crippen LogP contribution is 2.72. The van der Waals surface area contributed by atoms with Gasteiger partial charge in [0.1, 0.15) is 18.0 Å². The summed E-state index contributed by atoms with van der Waals surface area (Å²) in [5, 5.41) is 30.9. The monoisotopic (exact) mass is 958 g/mol. The van der Waals surface area contributed by atoms with E-state index in [0.29, 0.717) is 24.2 Å². The quantitative estimate of drug-likeness (QED) is 0.164. The zero-order valence-electron chi connectivity index (χ0n) is 38.6. The Hall–Kier alpha value is -5.04. The van der Waals surface area contributed by atoms with Crippen molar-refractivity contribution in [3.8, 4) is 6.07 Å². The number of fused-ring (bicyclic) bond motifs is 5. The Kier molecular flexibility index (Phi) is 13.3. The predicted molar refractivity (Wildman–Crippen MR) is 246 cm³/mol.